The van der Waals surface area contributed by atoms with Gasteiger partial charge in [0.1, 0.15) is 12.6 Å². The number of para-hydroxylation sites is 1. The predicted molar refractivity (Wildman–Crippen MR) is 105 cm³/mol. The summed E-state index contributed by atoms with van der Waals surface area (Å²) in [5.74, 6) is 0. The smallest absolute Gasteiger partial charge is 0.237 e. The quantitative estimate of drug-likeness (QED) is 0.208. The Labute approximate surface area is 144 Å². The van der Waals surface area contributed by atoms with Crippen LogP contribution >= 0.6 is 0 Å². The van der Waals surface area contributed by atoms with Gasteiger partial charge in [-0.05, 0) is 30.0 Å². The molecule has 3 heterocycles. The maximum atomic E-state index is 2.45. The van der Waals surface area contributed by atoms with E-state index in [0.29, 0.717) is 0 Å². The Morgan fingerprint density at radius 3 is 2.48 bits per heavy atom. The maximum Gasteiger partial charge on any atom is 0.237 e. The van der Waals surface area contributed by atoms with Gasteiger partial charge >= 0.3 is 0 Å². The Morgan fingerprint density at radius 2 is 1.56 bits per heavy atom. The van der Waals surface area contributed by atoms with E-state index >= 15 is 0 Å². The van der Waals surface area contributed by atoms with Gasteiger partial charge in [0.2, 0.25) is 5.52 Å². The van der Waals surface area contributed by atoms with Crippen LogP contribution in [0.1, 0.15) is 5.56 Å². The molecule has 3 aromatic heterocycles. The number of aromatic nitrogens is 2. The number of aryl methyl sites for hydroxylation is 2. The summed E-state index contributed by atoms with van der Waals surface area (Å²) in [6.45, 7) is 2.22. The normalized spacial score (nSPS) is 12.4. The van der Waals surface area contributed by atoms with E-state index in [-0.39, 0.29) is 0 Å². The lowest BCUT2D eigenvalue weighted by molar-refractivity contribution is -0.644. The Hall–Kier alpha value is -3.13. The summed E-state index contributed by atoms with van der Waals surface area (Å²) in [6.07, 6.45) is 2.15. The van der Waals surface area contributed by atoms with E-state index < -0.39 is 0 Å². The highest BCUT2D eigenvalue weighted by Gasteiger charge is 2.22. The van der Waals surface area contributed by atoms with Crippen LogP contribution < -0.4 is 4.57 Å². The molecule has 0 saturated heterocycles. The van der Waals surface area contributed by atoms with Gasteiger partial charge in [0, 0.05) is 22.2 Å². The predicted octanol–water partition coefficient (Wildman–Crippen LogP) is 5.12. The van der Waals surface area contributed by atoms with Crippen LogP contribution in [0.25, 0.3) is 49.0 Å². The fraction of sp³-hybridized carbons (Fsp3) is 0.0870. The fourth-order valence-electron chi connectivity index (χ4n) is 4.61. The van der Waals surface area contributed by atoms with Crippen LogP contribution in [0.4, 0.5) is 0 Å². The third kappa shape index (κ3) is 1.44. The first-order chi connectivity index (χ1) is 12.3. The summed E-state index contributed by atoms with van der Waals surface area (Å²) in [6, 6.07) is 22.2. The molecular weight excluding hydrogens is 304 g/mol. The second kappa shape index (κ2) is 4.28. The van der Waals surface area contributed by atoms with Gasteiger partial charge in [-0.3, -0.25) is 0 Å². The number of fused-ring (bicyclic) bond motifs is 6. The average Bonchev–Trinajstić information content (AvgIpc) is 2.98. The van der Waals surface area contributed by atoms with Gasteiger partial charge in [0.15, 0.2) is 6.20 Å². The van der Waals surface area contributed by atoms with Crippen LogP contribution in [0, 0.1) is 6.92 Å². The van der Waals surface area contributed by atoms with E-state index in [0.717, 1.165) is 0 Å². The molecule has 2 heteroatoms. The SMILES string of the molecule is Cc1ccc2ccc3c4ccccc4n4c5ccc[n+](C)c5c1c2c34. The van der Waals surface area contributed by atoms with Gasteiger partial charge in [0.25, 0.3) is 0 Å². The third-order valence-electron chi connectivity index (χ3n) is 5.66. The van der Waals surface area contributed by atoms with Gasteiger partial charge < -0.3 is 4.40 Å². The lowest BCUT2D eigenvalue weighted by atomic mass is 9.97. The molecule has 0 spiro atoms. The summed E-state index contributed by atoms with van der Waals surface area (Å²) in [4.78, 5) is 0. The molecule has 0 bridgehead atoms. The van der Waals surface area contributed by atoms with E-state index in [2.05, 4.69) is 89.8 Å². The number of benzene rings is 3. The fourth-order valence-corrected chi connectivity index (χ4v) is 4.61. The second-order valence-corrected chi connectivity index (χ2v) is 7.02. The van der Waals surface area contributed by atoms with Crippen molar-refractivity contribution < 1.29 is 4.57 Å². The van der Waals surface area contributed by atoms with Crippen LogP contribution in [0.15, 0.2) is 66.9 Å². The van der Waals surface area contributed by atoms with Gasteiger partial charge in [-0.15, -0.1) is 0 Å². The summed E-state index contributed by atoms with van der Waals surface area (Å²) >= 11 is 0. The minimum Gasteiger partial charge on any atom is -0.303 e. The van der Waals surface area contributed by atoms with Gasteiger partial charge in [0.05, 0.1) is 16.4 Å². The van der Waals surface area contributed by atoms with Gasteiger partial charge in [-0.2, -0.15) is 4.57 Å². The Bertz CT molecular complexity index is 1440. The van der Waals surface area contributed by atoms with Crippen molar-refractivity contribution in [1.29, 1.82) is 0 Å². The summed E-state index contributed by atoms with van der Waals surface area (Å²) in [7, 11) is 2.15. The molecule has 0 unspecified atom stereocenters. The lowest BCUT2D eigenvalue weighted by Crippen LogP contribution is -2.29. The van der Waals surface area contributed by atoms with Crippen LogP contribution in [0.3, 0.4) is 0 Å². The molecule has 0 amide bonds. The van der Waals surface area contributed by atoms with E-state index in [4.69, 9.17) is 0 Å². The highest BCUT2D eigenvalue weighted by atomic mass is 15.0. The monoisotopic (exact) mass is 321 g/mol. The highest BCUT2D eigenvalue weighted by Crippen LogP contribution is 2.41. The number of hydrogen-bond donors (Lipinski definition) is 0. The first kappa shape index (κ1) is 13.2. The minimum atomic E-state index is 1.27. The van der Waals surface area contributed by atoms with E-state index in [9.17, 15) is 0 Å². The zero-order valence-corrected chi connectivity index (χ0v) is 14.2. The molecule has 3 aromatic carbocycles. The molecule has 0 aliphatic carbocycles. The number of rotatable bonds is 0. The Kier molecular flexibility index (Phi) is 2.26. The average molecular weight is 321 g/mol. The zero-order chi connectivity index (χ0) is 16.7. The minimum absolute atomic E-state index is 1.27. The topological polar surface area (TPSA) is 8.29 Å². The molecule has 118 valence electrons. The maximum absolute atomic E-state index is 2.45. The molecule has 0 N–H and O–H groups in total. The van der Waals surface area contributed by atoms with Gasteiger partial charge in [-0.25, -0.2) is 0 Å². The summed E-state index contributed by atoms with van der Waals surface area (Å²) in [5, 5.41) is 6.73. The van der Waals surface area contributed by atoms with Crippen LogP contribution in [-0.2, 0) is 7.05 Å². The molecule has 0 radical (unpaired) electrons. The number of nitrogens with zero attached hydrogens (tertiary/aromatic N) is 2. The van der Waals surface area contributed by atoms with Crippen molar-refractivity contribution in [3.8, 4) is 0 Å². The third-order valence-corrected chi connectivity index (χ3v) is 5.66. The lowest BCUT2D eigenvalue weighted by Gasteiger charge is -2.12. The molecule has 25 heavy (non-hydrogen) atoms. The molecule has 0 atom stereocenters. The molecule has 0 aliphatic rings. The van der Waals surface area contributed by atoms with Crippen molar-refractivity contribution in [3.05, 3.63) is 72.4 Å². The van der Waals surface area contributed by atoms with Crippen LogP contribution in [0.5, 0.6) is 0 Å². The molecule has 0 saturated carbocycles. The van der Waals surface area contributed by atoms with E-state index in [1.165, 1.54) is 54.6 Å². The molecule has 0 aliphatic heterocycles. The number of pyridine rings is 2. The van der Waals surface area contributed by atoms with Crippen LogP contribution in [0.2, 0.25) is 0 Å². The van der Waals surface area contributed by atoms with Crippen molar-refractivity contribution in [2.45, 2.75) is 6.92 Å². The Balaban J connectivity index is 2.18. The largest absolute Gasteiger partial charge is 0.303 e. The van der Waals surface area contributed by atoms with Crippen molar-refractivity contribution >= 4 is 49.0 Å². The standard InChI is InChI=1S/C23H17N2/c1-14-9-10-15-11-12-17-16-6-3-4-7-18(16)25-19-8-5-13-24(2)23(19)20(14)21(15)22(17)25/h3-13H,1-2H3/q+1. The van der Waals surface area contributed by atoms with E-state index in [1.807, 2.05) is 0 Å². The first-order valence-electron chi connectivity index (χ1n) is 8.70. The van der Waals surface area contributed by atoms with Crippen molar-refractivity contribution in [3.63, 3.8) is 0 Å². The zero-order valence-electron chi connectivity index (χ0n) is 14.2. The first-order valence-corrected chi connectivity index (χ1v) is 8.70. The molecule has 0 fully saturated rings. The second-order valence-electron chi connectivity index (χ2n) is 7.02. The van der Waals surface area contributed by atoms with Crippen molar-refractivity contribution in [2.24, 2.45) is 7.05 Å². The molecule has 2 nitrogen and oxygen atoms in total. The van der Waals surface area contributed by atoms with Crippen molar-refractivity contribution in [2.75, 3.05) is 0 Å². The summed E-state index contributed by atoms with van der Waals surface area (Å²) < 4.78 is 4.71. The molecular formula is C23H17N2+. The van der Waals surface area contributed by atoms with Crippen molar-refractivity contribution in [1.82, 2.24) is 4.40 Å². The Morgan fingerprint density at radius 1 is 0.760 bits per heavy atom. The summed E-state index contributed by atoms with van der Waals surface area (Å²) in [5.41, 5.74) is 6.53. The number of hydrogen-bond acceptors (Lipinski definition) is 0. The molecule has 6 rings (SSSR count). The molecule has 6 aromatic rings. The van der Waals surface area contributed by atoms with Crippen LogP contribution in [-0.4, -0.2) is 4.40 Å². The van der Waals surface area contributed by atoms with E-state index in [1.54, 1.807) is 0 Å². The van der Waals surface area contributed by atoms with Gasteiger partial charge in [-0.1, -0.05) is 42.5 Å². The highest BCUT2D eigenvalue weighted by molar-refractivity contribution is 6.28.